The molecular weight excluding hydrogens is 1020 g/mol. The molecule has 0 amide bonds. The molecule has 5 heterocycles. The van der Waals surface area contributed by atoms with Crippen molar-refractivity contribution in [2.45, 2.75) is 0 Å². The highest BCUT2D eigenvalue weighted by molar-refractivity contribution is 7.27. The van der Waals surface area contributed by atoms with Crippen molar-refractivity contribution in [1.29, 1.82) is 5.26 Å². The van der Waals surface area contributed by atoms with Gasteiger partial charge in [0.25, 0.3) is 0 Å². The third-order valence-electron chi connectivity index (χ3n) is 16.6. The van der Waals surface area contributed by atoms with E-state index in [2.05, 4.69) is 214 Å². The number of fused-ring (bicyclic) bond motifs is 17. The van der Waals surface area contributed by atoms with Gasteiger partial charge < -0.3 is 13.6 Å². The summed E-state index contributed by atoms with van der Waals surface area (Å²) in [5.74, 6) is 0. The lowest BCUT2D eigenvalue weighted by molar-refractivity contribution is 0.670. The average Bonchev–Trinajstić information content (AvgIpc) is 3.46. The number of rotatable bonds is 6. The van der Waals surface area contributed by atoms with Crippen LogP contribution < -0.4 is 0 Å². The zero-order chi connectivity index (χ0) is 53.4. The first-order valence-corrected chi connectivity index (χ1v) is 28.6. The highest BCUT2D eigenvalue weighted by atomic mass is 32.1. The van der Waals surface area contributed by atoms with Gasteiger partial charge in [0.15, 0.2) is 0 Å². The highest BCUT2D eigenvalue weighted by Crippen LogP contribution is 2.55. The minimum Gasteiger partial charge on any atom is -0.455 e. The Hall–Kier alpha value is -10.5. The monoisotopic (exact) mass is 1060 g/mol. The number of aromatic nitrogens is 2. The van der Waals surface area contributed by atoms with Crippen LogP contribution in [0.1, 0.15) is 5.56 Å². The van der Waals surface area contributed by atoms with E-state index in [0.717, 1.165) is 125 Å². The van der Waals surface area contributed by atoms with Crippen LogP contribution in [0, 0.1) is 17.9 Å². The average molecular weight is 1070 g/mol. The van der Waals surface area contributed by atoms with Gasteiger partial charge in [-0.1, -0.05) is 218 Å². The van der Waals surface area contributed by atoms with Crippen LogP contribution in [0.25, 0.3) is 167 Å². The van der Waals surface area contributed by atoms with Gasteiger partial charge in [-0.3, -0.25) is 0 Å². The smallest absolute Gasteiger partial charge is 0.220 e. The summed E-state index contributed by atoms with van der Waals surface area (Å²) in [5.41, 5.74) is 15.1. The van der Waals surface area contributed by atoms with Crippen LogP contribution in [0.4, 0.5) is 5.69 Å². The third-order valence-corrected chi connectivity index (χ3v) is 19.0. The van der Waals surface area contributed by atoms with Crippen molar-refractivity contribution in [1.82, 2.24) is 9.13 Å². The van der Waals surface area contributed by atoms with Crippen molar-refractivity contribution in [3.05, 3.63) is 260 Å². The van der Waals surface area contributed by atoms with Gasteiger partial charge in [0.2, 0.25) is 5.69 Å². The summed E-state index contributed by atoms with van der Waals surface area (Å²) in [4.78, 5) is 4.66. The quantitative estimate of drug-likeness (QED) is 0.156. The summed E-state index contributed by atoms with van der Waals surface area (Å²) in [6.07, 6.45) is 0. The fraction of sp³-hybridized carbons (Fsp3) is 0. The Morgan fingerprint density at radius 1 is 0.395 bits per heavy atom. The minimum absolute atomic E-state index is 0.389. The van der Waals surface area contributed by atoms with E-state index in [9.17, 15) is 11.8 Å². The molecule has 0 N–H and O–H groups in total. The van der Waals surface area contributed by atoms with E-state index < -0.39 is 0 Å². The second-order valence-electron chi connectivity index (χ2n) is 20.8. The molecule has 5 aromatic heterocycles. The fourth-order valence-electron chi connectivity index (χ4n) is 13.2. The van der Waals surface area contributed by atoms with Crippen LogP contribution >= 0.6 is 22.7 Å². The van der Waals surface area contributed by atoms with Gasteiger partial charge in [0, 0.05) is 80.0 Å². The van der Waals surface area contributed by atoms with Crippen molar-refractivity contribution in [2.75, 3.05) is 0 Å². The highest BCUT2D eigenvalue weighted by Gasteiger charge is 2.33. The summed E-state index contributed by atoms with van der Waals surface area (Å²) in [6, 6.07) is 88.5. The molecule has 0 bridgehead atoms. The zero-order valence-corrected chi connectivity index (χ0v) is 44.7. The lowest BCUT2D eigenvalue weighted by Gasteiger charge is -2.26. The first kappa shape index (κ1) is 45.5. The Kier molecular flexibility index (Phi) is 9.82. The standard InChI is InChI=1S/C74H40N4OS2/c1-76-66-64(44-21-7-3-8-22-44)59(42-75)67(78-68-53(37-39-57-52-27-13-16-34-63(52)80-73(57)68)54-38-40-58-56-31-18-29-48(43-19-5-2-6-20-43)72(56)81-74(58)69(54)78)65(45-23-9-4-10-24-45)70(66)77-60-32-14-11-25-49(60)50-36-35-46(41-61(50)77)47-28-17-30-55-51-26-12-15-33-62(51)79-71(47)55/h2-41H. The molecule has 7 heteroatoms. The SMILES string of the molecule is [C-]#[N+]c1c(-c2ccccc2)c(C#N)c(-n2c3c(ccc4c5ccccc5sc43)c3ccc4c5cccc(-c6ccccc6)c5sc4c32)c(-c2ccccc2)c1-n1c2ccccc2c2ccc(-c3cccc4c3oc3ccccc34)cc21. The molecule has 17 aromatic rings. The van der Waals surface area contributed by atoms with Gasteiger partial charge in [0.05, 0.1) is 55.0 Å². The Morgan fingerprint density at radius 3 is 1.67 bits per heavy atom. The van der Waals surface area contributed by atoms with E-state index in [-0.39, 0.29) is 0 Å². The van der Waals surface area contributed by atoms with E-state index in [1.54, 1.807) is 11.3 Å². The molecule has 0 saturated carbocycles. The van der Waals surface area contributed by atoms with E-state index in [1.807, 2.05) is 59.9 Å². The molecule has 0 unspecified atom stereocenters. The number of hydrogen-bond acceptors (Lipinski definition) is 4. The Morgan fingerprint density at radius 2 is 0.938 bits per heavy atom. The minimum atomic E-state index is 0.389. The van der Waals surface area contributed by atoms with Gasteiger partial charge in [-0.25, -0.2) is 4.85 Å². The predicted octanol–water partition coefficient (Wildman–Crippen LogP) is 21.6. The predicted molar refractivity (Wildman–Crippen MR) is 341 cm³/mol. The van der Waals surface area contributed by atoms with Crippen LogP contribution in [0.3, 0.4) is 0 Å². The topological polar surface area (TPSA) is 51.1 Å². The third kappa shape index (κ3) is 6.45. The number of para-hydroxylation sites is 3. The molecule has 17 rings (SSSR count). The molecule has 0 radical (unpaired) electrons. The van der Waals surface area contributed by atoms with Crippen LogP contribution in [-0.2, 0) is 0 Å². The molecule has 0 fully saturated rings. The Labute approximate surface area is 471 Å². The summed E-state index contributed by atoms with van der Waals surface area (Å²) in [6.45, 7) is 9.57. The van der Waals surface area contributed by atoms with E-state index in [4.69, 9.17) is 4.42 Å². The number of furan rings is 1. The Balaban J connectivity index is 1.11. The molecule has 5 nitrogen and oxygen atoms in total. The van der Waals surface area contributed by atoms with E-state index in [0.29, 0.717) is 22.5 Å². The van der Waals surface area contributed by atoms with Gasteiger partial charge >= 0.3 is 0 Å². The number of nitriles is 1. The van der Waals surface area contributed by atoms with Crippen LogP contribution in [0.5, 0.6) is 0 Å². The lowest BCUT2D eigenvalue weighted by Crippen LogP contribution is -2.09. The van der Waals surface area contributed by atoms with Crippen molar-refractivity contribution in [2.24, 2.45) is 0 Å². The molecule has 12 aromatic carbocycles. The number of nitrogens with zero attached hydrogens (tertiary/aromatic N) is 4. The maximum atomic E-state index is 12.4. The van der Waals surface area contributed by atoms with Gasteiger partial charge in [-0.05, 0) is 52.1 Å². The molecule has 0 atom stereocenters. The maximum Gasteiger partial charge on any atom is 0.220 e. The van der Waals surface area contributed by atoms with Crippen molar-refractivity contribution in [3.63, 3.8) is 0 Å². The summed E-state index contributed by atoms with van der Waals surface area (Å²) in [7, 11) is 0. The molecule has 0 aliphatic rings. The Bertz CT molecular complexity index is 5610. The van der Waals surface area contributed by atoms with Crippen LogP contribution in [0.2, 0.25) is 0 Å². The normalized spacial score (nSPS) is 11.9. The lowest BCUT2D eigenvalue weighted by atomic mass is 9.88. The summed E-state index contributed by atoms with van der Waals surface area (Å²) >= 11 is 3.61. The zero-order valence-electron chi connectivity index (χ0n) is 43.1. The van der Waals surface area contributed by atoms with E-state index >= 15 is 0 Å². The van der Waals surface area contributed by atoms with Gasteiger partial charge in [-0.15, -0.1) is 22.7 Å². The molecule has 0 saturated heterocycles. The molecule has 81 heavy (non-hydrogen) atoms. The molecule has 0 aliphatic carbocycles. The summed E-state index contributed by atoms with van der Waals surface area (Å²) in [5, 5.41) is 23.5. The number of hydrogen-bond donors (Lipinski definition) is 0. The fourth-order valence-corrected chi connectivity index (χ4v) is 15.8. The van der Waals surface area contributed by atoms with Crippen molar-refractivity contribution in [3.8, 4) is 62.0 Å². The molecule has 0 spiro atoms. The largest absolute Gasteiger partial charge is 0.455 e. The van der Waals surface area contributed by atoms with Crippen molar-refractivity contribution >= 4 is 134 Å². The van der Waals surface area contributed by atoms with Gasteiger partial charge in [-0.2, -0.15) is 5.26 Å². The number of thiophene rings is 2. The second-order valence-corrected chi connectivity index (χ2v) is 22.8. The van der Waals surface area contributed by atoms with Crippen molar-refractivity contribution < 1.29 is 4.42 Å². The molecule has 374 valence electrons. The van der Waals surface area contributed by atoms with Crippen LogP contribution in [0.15, 0.2) is 247 Å². The maximum absolute atomic E-state index is 12.4. The second kappa shape index (κ2) is 17.5. The molecule has 0 aliphatic heterocycles. The first-order chi connectivity index (χ1) is 40.1. The summed E-state index contributed by atoms with van der Waals surface area (Å²) < 4.78 is 16.1. The number of benzene rings is 12. The molecular formula is C74H40N4OS2. The van der Waals surface area contributed by atoms with E-state index in [1.165, 1.54) is 25.7 Å². The first-order valence-electron chi connectivity index (χ1n) is 27.0. The van der Waals surface area contributed by atoms with Gasteiger partial charge in [0.1, 0.15) is 17.2 Å². The van der Waals surface area contributed by atoms with Crippen LogP contribution in [-0.4, -0.2) is 9.13 Å².